The minimum atomic E-state index is -0.252. The second-order valence-electron chi connectivity index (χ2n) is 6.79. The summed E-state index contributed by atoms with van der Waals surface area (Å²) in [4.78, 5) is 26.0. The summed E-state index contributed by atoms with van der Waals surface area (Å²) in [5.74, 6) is 1.23. The Hall–Kier alpha value is -2.48. The smallest absolute Gasteiger partial charge is 0.259 e. The molecule has 0 bridgehead atoms. The molecule has 2 aliphatic heterocycles. The molecule has 0 saturated carbocycles. The molecule has 0 radical (unpaired) electrons. The molecule has 0 spiro atoms. The minimum absolute atomic E-state index is 0.0663. The number of ether oxygens (including phenoxy) is 1. The van der Waals surface area contributed by atoms with Crippen molar-refractivity contribution in [3.63, 3.8) is 0 Å². The van der Waals surface area contributed by atoms with Gasteiger partial charge in [0.1, 0.15) is 17.4 Å². The van der Waals surface area contributed by atoms with E-state index in [9.17, 15) is 4.79 Å². The number of hydrogen-bond donors (Lipinski definition) is 0. The molecule has 2 aromatic heterocycles. The molecule has 2 fully saturated rings. The first-order valence-electron chi connectivity index (χ1n) is 9.05. The van der Waals surface area contributed by atoms with E-state index in [2.05, 4.69) is 15.0 Å². The van der Waals surface area contributed by atoms with Gasteiger partial charge in [0.25, 0.3) is 5.91 Å². The van der Waals surface area contributed by atoms with Crippen molar-refractivity contribution in [3.05, 3.63) is 35.0 Å². The molecule has 0 N–H and O–H groups in total. The lowest BCUT2D eigenvalue weighted by Gasteiger charge is -2.32. The van der Waals surface area contributed by atoms with Gasteiger partial charge in [0.15, 0.2) is 0 Å². The average Bonchev–Trinajstić information content (AvgIpc) is 3.32. The van der Waals surface area contributed by atoms with Crippen molar-refractivity contribution in [1.29, 1.82) is 0 Å². The van der Waals surface area contributed by atoms with E-state index in [1.807, 2.05) is 6.07 Å². The number of hydrogen-bond acceptors (Lipinski definition) is 7. The molecule has 0 aliphatic carbocycles. The fourth-order valence-electron chi connectivity index (χ4n) is 3.57. The zero-order valence-electron chi connectivity index (χ0n) is 15.1. The first-order valence-corrected chi connectivity index (χ1v) is 9.05. The van der Waals surface area contributed by atoms with Gasteiger partial charge in [-0.3, -0.25) is 4.79 Å². The van der Waals surface area contributed by atoms with Crippen LogP contribution in [0.2, 0.25) is 0 Å². The van der Waals surface area contributed by atoms with E-state index in [1.54, 1.807) is 24.9 Å². The molecular formula is C18H23N5O3. The number of amides is 1. The average molecular weight is 357 g/mol. The monoisotopic (exact) mass is 357 g/mol. The summed E-state index contributed by atoms with van der Waals surface area (Å²) < 4.78 is 11.0. The van der Waals surface area contributed by atoms with Crippen LogP contribution in [0.1, 0.15) is 46.5 Å². The highest BCUT2D eigenvalue weighted by molar-refractivity contribution is 5.96. The fourth-order valence-corrected chi connectivity index (χ4v) is 3.57. The van der Waals surface area contributed by atoms with Gasteiger partial charge in [0, 0.05) is 25.8 Å². The van der Waals surface area contributed by atoms with Crippen molar-refractivity contribution in [2.24, 2.45) is 0 Å². The van der Waals surface area contributed by atoms with Crippen LogP contribution in [-0.2, 0) is 4.74 Å². The standard InChI is InChI=1S/C18H23N5O3/c1-12-16(13(2)26-21-12)17(24)23-9-10-25-15(11-23)14-5-6-19-18(20-14)22-7-3-4-8-22/h5-6,15H,3-4,7-11H2,1-2H3/t15-/m0/s1. The number of morpholine rings is 1. The van der Waals surface area contributed by atoms with E-state index in [-0.39, 0.29) is 12.0 Å². The molecule has 4 heterocycles. The summed E-state index contributed by atoms with van der Waals surface area (Å²) >= 11 is 0. The zero-order valence-corrected chi connectivity index (χ0v) is 15.1. The Labute approximate surface area is 152 Å². The number of nitrogens with zero attached hydrogens (tertiary/aromatic N) is 5. The molecule has 0 unspecified atom stereocenters. The van der Waals surface area contributed by atoms with Crippen molar-refractivity contribution < 1.29 is 14.1 Å². The Kier molecular flexibility index (Phi) is 4.58. The normalized spacial score (nSPS) is 20.6. The van der Waals surface area contributed by atoms with E-state index in [0.29, 0.717) is 36.7 Å². The summed E-state index contributed by atoms with van der Waals surface area (Å²) in [5.41, 5.74) is 1.98. The van der Waals surface area contributed by atoms with Gasteiger partial charge in [-0.05, 0) is 32.8 Å². The number of carbonyl (C=O) groups is 1. The number of carbonyl (C=O) groups excluding carboxylic acids is 1. The number of aromatic nitrogens is 3. The molecule has 4 rings (SSSR count). The molecule has 26 heavy (non-hydrogen) atoms. The van der Waals surface area contributed by atoms with Gasteiger partial charge in [0.2, 0.25) is 5.95 Å². The van der Waals surface area contributed by atoms with Gasteiger partial charge in [-0.25, -0.2) is 9.97 Å². The molecular weight excluding hydrogens is 334 g/mol. The van der Waals surface area contributed by atoms with E-state index >= 15 is 0 Å². The third-order valence-electron chi connectivity index (χ3n) is 4.98. The van der Waals surface area contributed by atoms with Gasteiger partial charge >= 0.3 is 0 Å². The second kappa shape index (κ2) is 7.03. The lowest BCUT2D eigenvalue weighted by atomic mass is 10.1. The summed E-state index contributed by atoms with van der Waals surface area (Å²) in [7, 11) is 0. The predicted octanol–water partition coefficient (Wildman–Crippen LogP) is 1.90. The van der Waals surface area contributed by atoms with Crippen LogP contribution in [0.25, 0.3) is 0 Å². The first kappa shape index (κ1) is 17.0. The maximum Gasteiger partial charge on any atom is 0.259 e. The molecule has 2 aliphatic rings. The quantitative estimate of drug-likeness (QED) is 0.829. The third-order valence-corrected chi connectivity index (χ3v) is 4.98. The Bertz CT molecular complexity index is 780. The number of rotatable bonds is 3. The molecule has 138 valence electrons. The fraction of sp³-hybridized carbons (Fsp3) is 0.556. The topological polar surface area (TPSA) is 84.6 Å². The van der Waals surface area contributed by atoms with Crippen molar-refractivity contribution in [3.8, 4) is 0 Å². The number of aryl methyl sites for hydroxylation is 2. The van der Waals surface area contributed by atoms with Gasteiger partial charge in [-0.15, -0.1) is 0 Å². The van der Waals surface area contributed by atoms with Crippen LogP contribution in [-0.4, -0.2) is 58.7 Å². The maximum absolute atomic E-state index is 12.9. The van der Waals surface area contributed by atoms with Crippen LogP contribution < -0.4 is 4.90 Å². The molecule has 0 aromatic carbocycles. The highest BCUT2D eigenvalue weighted by atomic mass is 16.5. The van der Waals surface area contributed by atoms with E-state index in [4.69, 9.17) is 14.2 Å². The SMILES string of the molecule is Cc1noc(C)c1C(=O)N1CCO[C@H](c2ccnc(N3CCCC3)n2)C1. The van der Waals surface area contributed by atoms with Crippen molar-refractivity contribution in [1.82, 2.24) is 20.0 Å². The van der Waals surface area contributed by atoms with E-state index < -0.39 is 0 Å². The maximum atomic E-state index is 12.9. The minimum Gasteiger partial charge on any atom is -0.368 e. The lowest BCUT2D eigenvalue weighted by molar-refractivity contribution is -0.0248. The van der Waals surface area contributed by atoms with Crippen LogP contribution in [0.4, 0.5) is 5.95 Å². The third kappa shape index (κ3) is 3.16. The summed E-state index contributed by atoms with van der Waals surface area (Å²) in [5, 5.41) is 3.89. The molecule has 8 heteroatoms. The molecule has 1 atom stereocenters. The summed E-state index contributed by atoms with van der Waals surface area (Å²) in [6.45, 7) is 7.01. The van der Waals surface area contributed by atoms with Crippen LogP contribution >= 0.6 is 0 Å². The Morgan fingerprint density at radius 2 is 2.04 bits per heavy atom. The molecule has 2 saturated heterocycles. The van der Waals surface area contributed by atoms with Crippen LogP contribution in [0.3, 0.4) is 0 Å². The van der Waals surface area contributed by atoms with Crippen molar-refractivity contribution in [2.45, 2.75) is 32.8 Å². The van der Waals surface area contributed by atoms with Gasteiger partial charge in [0.05, 0.1) is 24.5 Å². The first-order chi connectivity index (χ1) is 12.6. The Morgan fingerprint density at radius 3 is 2.77 bits per heavy atom. The van der Waals surface area contributed by atoms with E-state index in [0.717, 1.165) is 24.7 Å². The van der Waals surface area contributed by atoms with Crippen molar-refractivity contribution >= 4 is 11.9 Å². The van der Waals surface area contributed by atoms with E-state index in [1.165, 1.54) is 12.8 Å². The zero-order chi connectivity index (χ0) is 18.1. The van der Waals surface area contributed by atoms with Gasteiger partial charge in [-0.2, -0.15) is 0 Å². The molecule has 8 nitrogen and oxygen atoms in total. The summed E-state index contributed by atoms with van der Waals surface area (Å²) in [6, 6.07) is 1.87. The highest BCUT2D eigenvalue weighted by Crippen LogP contribution is 2.25. The predicted molar refractivity (Wildman–Crippen MR) is 94.1 cm³/mol. The van der Waals surface area contributed by atoms with Crippen molar-refractivity contribution in [2.75, 3.05) is 37.7 Å². The molecule has 1 amide bonds. The largest absolute Gasteiger partial charge is 0.368 e. The molecule has 2 aromatic rings. The van der Waals surface area contributed by atoms with Crippen LogP contribution in [0, 0.1) is 13.8 Å². The summed E-state index contributed by atoms with van der Waals surface area (Å²) in [6.07, 6.45) is 3.87. The second-order valence-corrected chi connectivity index (χ2v) is 6.79. The van der Waals surface area contributed by atoms with Gasteiger partial charge in [-0.1, -0.05) is 5.16 Å². The number of anilines is 1. The lowest BCUT2D eigenvalue weighted by Crippen LogP contribution is -2.42. The Morgan fingerprint density at radius 1 is 1.23 bits per heavy atom. The van der Waals surface area contributed by atoms with Gasteiger partial charge < -0.3 is 19.1 Å². The van der Waals surface area contributed by atoms with Crippen LogP contribution in [0.15, 0.2) is 16.8 Å². The van der Waals surface area contributed by atoms with Crippen LogP contribution in [0.5, 0.6) is 0 Å². The Balaban J connectivity index is 1.52. The highest BCUT2D eigenvalue weighted by Gasteiger charge is 2.30.